The Hall–Kier alpha value is -2.77. The van der Waals surface area contributed by atoms with Crippen LogP contribution in [0.4, 0.5) is 0 Å². The van der Waals surface area contributed by atoms with Gasteiger partial charge in [0.05, 0.1) is 29.5 Å². The van der Waals surface area contributed by atoms with Gasteiger partial charge >= 0.3 is 0 Å². The second-order valence-corrected chi connectivity index (χ2v) is 6.27. The zero-order valence-electron chi connectivity index (χ0n) is 14.7. The summed E-state index contributed by atoms with van der Waals surface area (Å²) in [5, 5.41) is 6.98. The summed E-state index contributed by atoms with van der Waals surface area (Å²) in [5.41, 5.74) is 2.07. The quantitative estimate of drug-likeness (QED) is 0.899. The van der Waals surface area contributed by atoms with E-state index in [1.165, 1.54) is 6.92 Å². The van der Waals surface area contributed by atoms with Gasteiger partial charge in [0.25, 0.3) is 5.91 Å². The minimum absolute atomic E-state index is 0.0380. The Morgan fingerprint density at radius 2 is 2.20 bits per heavy atom. The molecule has 0 saturated carbocycles. The predicted octanol–water partition coefficient (Wildman–Crippen LogP) is 1.13. The smallest absolute Gasteiger partial charge is 0.257 e. The summed E-state index contributed by atoms with van der Waals surface area (Å²) in [6, 6.07) is 1.62. The van der Waals surface area contributed by atoms with E-state index in [0.29, 0.717) is 24.5 Å². The van der Waals surface area contributed by atoms with E-state index in [-0.39, 0.29) is 17.9 Å². The van der Waals surface area contributed by atoms with Gasteiger partial charge in [-0.1, -0.05) is 0 Å². The summed E-state index contributed by atoms with van der Waals surface area (Å²) in [7, 11) is 1.81. The van der Waals surface area contributed by atoms with Crippen molar-refractivity contribution < 1.29 is 9.59 Å². The van der Waals surface area contributed by atoms with Crippen molar-refractivity contribution in [2.75, 3.05) is 6.54 Å². The Labute approximate surface area is 146 Å². The van der Waals surface area contributed by atoms with Gasteiger partial charge in [-0.2, -0.15) is 5.10 Å². The zero-order valence-corrected chi connectivity index (χ0v) is 14.7. The molecule has 3 rings (SSSR count). The molecule has 0 unspecified atom stereocenters. The van der Waals surface area contributed by atoms with Gasteiger partial charge < -0.3 is 10.2 Å². The van der Waals surface area contributed by atoms with Gasteiger partial charge in [0.15, 0.2) is 5.82 Å². The third-order valence-corrected chi connectivity index (χ3v) is 4.31. The number of hydrogen-bond acceptors (Lipinski definition) is 5. The summed E-state index contributed by atoms with van der Waals surface area (Å²) in [4.78, 5) is 34.7. The van der Waals surface area contributed by atoms with Crippen LogP contribution >= 0.6 is 0 Å². The molecule has 1 atom stereocenters. The summed E-state index contributed by atoms with van der Waals surface area (Å²) in [6.07, 6.45) is 5.17. The molecule has 2 amide bonds. The van der Waals surface area contributed by atoms with Crippen LogP contribution in [0.5, 0.6) is 0 Å². The molecule has 1 saturated heterocycles. The first-order chi connectivity index (χ1) is 12.0. The maximum atomic E-state index is 12.9. The summed E-state index contributed by atoms with van der Waals surface area (Å²) in [5.74, 6) is 0.476. The van der Waals surface area contributed by atoms with Gasteiger partial charge in [-0.15, -0.1) is 0 Å². The molecule has 1 fully saturated rings. The Balaban J connectivity index is 1.82. The van der Waals surface area contributed by atoms with Crippen molar-refractivity contribution in [3.63, 3.8) is 0 Å². The van der Waals surface area contributed by atoms with E-state index >= 15 is 0 Å². The van der Waals surface area contributed by atoms with E-state index in [1.807, 2.05) is 11.8 Å². The number of rotatable bonds is 4. The second-order valence-electron chi connectivity index (χ2n) is 6.27. The van der Waals surface area contributed by atoms with Crippen molar-refractivity contribution in [3.05, 3.63) is 41.2 Å². The topological polar surface area (TPSA) is 93.0 Å². The molecular weight excluding hydrogens is 320 g/mol. The van der Waals surface area contributed by atoms with Crippen LogP contribution < -0.4 is 5.32 Å². The molecule has 8 nitrogen and oxygen atoms in total. The minimum Gasteiger partial charge on any atom is -0.351 e. The molecule has 132 valence electrons. The van der Waals surface area contributed by atoms with Crippen molar-refractivity contribution in [2.45, 2.75) is 39.3 Å². The molecule has 2 aromatic heterocycles. The molecule has 1 aliphatic rings. The summed E-state index contributed by atoms with van der Waals surface area (Å²) >= 11 is 0. The van der Waals surface area contributed by atoms with Crippen LogP contribution in [0.3, 0.4) is 0 Å². The monoisotopic (exact) mass is 342 g/mol. The highest BCUT2D eigenvalue weighted by molar-refractivity contribution is 5.95. The molecule has 8 heteroatoms. The van der Waals surface area contributed by atoms with E-state index in [2.05, 4.69) is 20.4 Å². The lowest BCUT2D eigenvalue weighted by Gasteiger charge is -2.23. The van der Waals surface area contributed by atoms with Crippen molar-refractivity contribution in [1.82, 2.24) is 30.0 Å². The van der Waals surface area contributed by atoms with Gasteiger partial charge in [0.2, 0.25) is 5.91 Å². The average Bonchev–Trinajstić information content (AvgIpc) is 3.19. The number of likely N-dealkylation sites (tertiary alicyclic amines) is 1. The number of carbonyl (C=O) groups is 2. The van der Waals surface area contributed by atoms with Crippen LogP contribution in [0.15, 0.2) is 18.5 Å². The van der Waals surface area contributed by atoms with E-state index in [0.717, 1.165) is 24.2 Å². The van der Waals surface area contributed by atoms with Crippen molar-refractivity contribution >= 4 is 11.8 Å². The van der Waals surface area contributed by atoms with Gasteiger partial charge in [-0.05, 0) is 25.8 Å². The van der Waals surface area contributed by atoms with Crippen molar-refractivity contribution in [3.8, 4) is 0 Å². The lowest BCUT2D eigenvalue weighted by molar-refractivity contribution is -0.119. The summed E-state index contributed by atoms with van der Waals surface area (Å²) in [6.45, 7) is 4.34. The fraction of sp³-hybridized carbons (Fsp3) is 0.471. The molecule has 2 aromatic rings. The molecule has 0 aliphatic carbocycles. The standard InChI is InChI=1S/C17H22N6O2/c1-11-14(10-22(3)21-11)17(25)23-8-4-5-15(23)16-18-7-6-13(20-16)9-19-12(2)24/h6-7,10,15H,4-5,8-9H2,1-3H3,(H,19,24)/t15-/m1/s1. The number of aromatic nitrogens is 4. The number of amides is 2. The van der Waals surface area contributed by atoms with Crippen LogP contribution in [-0.4, -0.2) is 43.0 Å². The molecule has 25 heavy (non-hydrogen) atoms. The number of nitrogens with zero attached hydrogens (tertiary/aromatic N) is 5. The Morgan fingerprint density at radius 1 is 1.40 bits per heavy atom. The summed E-state index contributed by atoms with van der Waals surface area (Å²) < 4.78 is 1.65. The fourth-order valence-corrected chi connectivity index (χ4v) is 3.13. The SMILES string of the molecule is CC(=O)NCc1ccnc([C@H]2CCCN2C(=O)c2cn(C)nc2C)n1. The van der Waals surface area contributed by atoms with Crippen LogP contribution in [0, 0.1) is 6.92 Å². The lowest BCUT2D eigenvalue weighted by Crippen LogP contribution is -2.32. The first kappa shape index (κ1) is 17.1. The molecule has 1 aliphatic heterocycles. The first-order valence-electron chi connectivity index (χ1n) is 8.33. The first-order valence-corrected chi connectivity index (χ1v) is 8.33. The highest BCUT2D eigenvalue weighted by Crippen LogP contribution is 2.31. The highest BCUT2D eigenvalue weighted by Gasteiger charge is 2.33. The van der Waals surface area contributed by atoms with E-state index < -0.39 is 0 Å². The Kier molecular flexibility index (Phi) is 4.78. The minimum atomic E-state index is -0.149. The third kappa shape index (κ3) is 3.67. The third-order valence-electron chi connectivity index (χ3n) is 4.31. The molecule has 0 spiro atoms. The van der Waals surface area contributed by atoms with Gasteiger partial charge in [-0.3, -0.25) is 14.3 Å². The Morgan fingerprint density at radius 3 is 2.88 bits per heavy atom. The van der Waals surface area contributed by atoms with Crippen LogP contribution in [0.1, 0.15) is 53.4 Å². The normalized spacial score (nSPS) is 16.9. The second kappa shape index (κ2) is 7.00. The van der Waals surface area contributed by atoms with Gasteiger partial charge in [-0.25, -0.2) is 9.97 Å². The molecule has 0 bridgehead atoms. The number of hydrogen-bond donors (Lipinski definition) is 1. The molecule has 0 radical (unpaired) electrons. The number of carbonyl (C=O) groups excluding carboxylic acids is 2. The van der Waals surface area contributed by atoms with Crippen molar-refractivity contribution in [2.24, 2.45) is 7.05 Å². The number of aryl methyl sites for hydroxylation is 2. The molecule has 0 aromatic carbocycles. The largest absolute Gasteiger partial charge is 0.351 e. The molecule has 3 heterocycles. The molecule has 1 N–H and O–H groups in total. The maximum Gasteiger partial charge on any atom is 0.257 e. The van der Waals surface area contributed by atoms with Crippen LogP contribution in [-0.2, 0) is 18.4 Å². The van der Waals surface area contributed by atoms with Crippen molar-refractivity contribution in [1.29, 1.82) is 0 Å². The fourth-order valence-electron chi connectivity index (χ4n) is 3.13. The Bertz CT molecular complexity index is 800. The van der Waals surface area contributed by atoms with E-state index in [4.69, 9.17) is 0 Å². The molecular formula is C17H22N6O2. The average molecular weight is 342 g/mol. The predicted molar refractivity (Wildman–Crippen MR) is 90.5 cm³/mol. The van der Waals surface area contributed by atoms with E-state index in [9.17, 15) is 9.59 Å². The zero-order chi connectivity index (χ0) is 18.0. The highest BCUT2D eigenvalue weighted by atomic mass is 16.2. The lowest BCUT2D eigenvalue weighted by atomic mass is 10.1. The van der Waals surface area contributed by atoms with Crippen LogP contribution in [0.2, 0.25) is 0 Å². The maximum absolute atomic E-state index is 12.9. The van der Waals surface area contributed by atoms with Gasteiger partial charge in [0.1, 0.15) is 0 Å². The van der Waals surface area contributed by atoms with Crippen LogP contribution in [0.25, 0.3) is 0 Å². The van der Waals surface area contributed by atoms with E-state index in [1.54, 1.807) is 30.2 Å². The number of nitrogens with one attached hydrogen (secondary N) is 1. The van der Waals surface area contributed by atoms with Gasteiger partial charge in [0, 0.05) is 32.9 Å².